The minimum Gasteiger partial charge on any atom is -0.333 e. The number of carbonyl (C=O) groups excluding carboxylic acids is 1. The lowest BCUT2D eigenvalue weighted by Crippen LogP contribution is -2.54. The molecule has 24 heavy (non-hydrogen) atoms. The summed E-state index contributed by atoms with van der Waals surface area (Å²) in [4.78, 5) is 16.8. The van der Waals surface area contributed by atoms with Crippen molar-refractivity contribution in [1.82, 2.24) is 15.1 Å². The molecular weight excluding hydrogens is 326 g/mol. The van der Waals surface area contributed by atoms with Crippen LogP contribution in [0.3, 0.4) is 0 Å². The predicted octanol–water partition coefficient (Wildman–Crippen LogP) is 2.10. The summed E-state index contributed by atoms with van der Waals surface area (Å²) in [6.45, 7) is 15.6. The van der Waals surface area contributed by atoms with Crippen LogP contribution < -0.4 is 5.32 Å². The lowest BCUT2D eigenvalue weighted by molar-refractivity contribution is 0.129. The summed E-state index contributed by atoms with van der Waals surface area (Å²) < 4.78 is 23.7. The van der Waals surface area contributed by atoms with Gasteiger partial charge in [0, 0.05) is 36.8 Å². The Hall–Kier alpha value is -0.820. The van der Waals surface area contributed by atoms with Crippen LogP contribution >= 0.6 is 0 Å². The maximum Gasteiger partial charge on any atom is 0.318 e. The second-order valence-electron chi connectivity index (χ2n) is 8.36. The Balaban J connectivity index is 2.87. The Bertz CT molecular complexity index is 516. The van der Waals surface area contributed by atoms with Crippen molar-refractivity contribution in [3.05, 3.63) is 0 Å². The van der Waals surface area contributed by atoms with E-state index in [1.165, 1.54) is 0 Å². The zero-order chi connectivity index (χ0) is 18.7. The highest BCUT2D eigenvalue weighted by Crippen LogP contribution is 2.19. The van der Waals surface area contributed by atoms with Crippen LogP contribution in [-0.4, -0.2) is 72.5 Å². The first kappa shape index (κ1) is 21.2. The van der Waals surface area contributed by atoms with Gasteiger partial charge in [-0.25, -0.2) is 13.2 Å². The number of nitrogens with zero attached hydrogens (tertiary/aromatic N) is 2. The summed E-state index contributed by atoms with van der Waals surface area (Å²) >= 11 is 0. The van der Waals surface area contributed by atoms with E-state index in [2.05, 4.69) is 37.9 Å². The van der Waals surface area contributed by atoms with E-state index in [-0.39, 0.29) is 29.1 Å². The van der Waals surface area contributed by atoms with Crippen molar-refractivity contribution in [2.75, 3.05) is 24.6 Å². The maximum absolute atomic E-state index is 12.7. The minimum atomic E-state index is -3.02. The Morgan fingerprint density at radius 2 is 1.67 bits per heavy atom. The number of rotatable bonds is 6. The normalized spacial score (nSPS) is 20.8. The van der Waals surface area contributed by atoms with Crippen molar-refractivity contribution >= 4 is 15.9 Å². The monoisotopic (exact) mass is 361 g/mol. The highest BCUT2D eigenvalue weighted by Gasteiger charge is 2.35. The van der Waals surface area contributed by atoms with E-state index in [1.54, 1.807) is 4.90 Å². The Morgan fingerprint density at radius 1 is 1.12 bits per heavy atom. The molecule has 1 N–H and O–H groups in total. The Labute approximate surface area is 147 Å². The molecule has 142 valence electrons. The van der Waals surface area contributed by atoms with Crippen LogP contribution in [0.4, 0.5) is 4.79 Å². The lowest BCUT2D eigenvalue weighted by Gasteiger charge is -2.36. The molecular formula is C17H35N3O3S. The smallest absolute Gasteiger partial charge is 0.318 e. The molecule has 0 aliphatic carbocycles. The van der Waals surface area contributed by atoms with E-state index in [9.17, 15) is 13.2 Å². The fourth-order valence-electron chi connectivity index (χ4n) is 3.20. The number of nitrogens with one attached hydrogen (secondary N) is 1. The zero-order valence-electron chi connectivity index (χ0n) is 16.3. The zero-order valence-corrected chi connectivity index (χ0v) is 17.1. The highest BCUT2D eigenvalue weighted by atomic mass is 32.2. The quantitative estimate of drug-likeness (QED) is 0.786. The topological polar surface area (TPSA) is 69.7 Å². The lowest BCUT2D eigenvalue weighted by atomic mass is 10.1. The van der Waals surface area contributed by atoms with Gasteiger partial charge in [0.1, 0.15) is 0 Å². The minimum absolute atomic E-state index is 0.0773. The van der Waals surface area contributed by atoms with Gasteiger partial charge in [0.25, 0.3) is 0 Å². The third-order valence-corrected chi connectivity index (χ3v) is 6.07. The van der Waals surface area contributed by atoms with Crippen molar-refractivity contribution in [2.24, 2.45) is 0 Å². The molecule has 7 heteroatoms. The molecule has 6 nitrogen and oxygen atoms in total. The van der Waals surface area contributed by atoms with Crippen molar-refractivity contribution < 1.29 is 13.2 Å². The summed E-state index contributed by atoms with van der Waals surface area (Å²) in [6.07, 6.45) is 0.531. The van der Waals surface area contributed by atoms with Crippen molar-refractivity contribution in [2.45, 2.75) is 78.6 Å². The van der Waals surface area contributed by atoms with Crippen LogP contribution in [0.2, 0.25) is 0 Å². The average Bonchev–Trinajstić information content (AvgIpc) is 2.71. The number of amides is 2. The van der Waals surface area contributed by atoms with E-state index in [0.29, 0.717) is 25.0 Å². The van der Waals surface area contributed by atoms with Crippen LogP contribution in [0, 0.1) is 0 Å². The first-order valence-electron chi connectivity index (χ1n) is 8.87. The van der Waals surface area contributed by atoms with Crippen molar-refractivity contribution in [3.63, 3.8) is 0 Å². The molecule has 0 aromatic carbocycles. The van der Waals surface area contributed by atoms with E-state index in [4.69, 9.17) is 0 Å². The molecule has 1 heterocycles. The van der Waals surface area contributed by atoms with Gasteiger partial charge >= 0.3 is 6.03 Å². The third-order valence-electron chi connectivity index (χ3n) is 4.32. The standard InChI is InChI=1S/C17H35N3O3S/c1-13(2)19(14(3)4)9-10-20(16(21)18-17(5,6)7)15-8-11-24(22,23)12-15/h13-15H,8-12H2,1-7H3,(H,18,21). The van der Waals surface area contributed by atoms with Gasteiger partial charge in [-0.1, -0.05) is 0 Å². The predicted molar refractivity (Wildman–Crippen MR) is 99.0 cm³/mol. The largest absolute Gasteiger partial charge is 0.333 e. The molecule has 1 rings (SSSR count). The van der Waals surface area contributed by atoms with Crippen LogP contribution in [0.1, 0.15) is 54.9 Å². The highest BCUT2D eigenvalue weighted by molar-refractivity contribution is 7.91. The first-order chi connectivity index (χ1) is 10.8. The molecule has 2 amide bonds. The summed E-state index contributed by atoms with van der Waals surface area (Å²) in [5, 5.41) is 2.98. The van der Waals surface area contributed by atoms with Gasteiger partial charge in [-0.05, 0) is 54.9 Å². The maximum atomic E-state index is 12.7. The Kier molecular flexibility index (Phi) is 7.11. The van der Waals surface area contributed by atoms with Gasteiger partial charge in [-0.2, -0.15) is 0 Å². The molecule has 0 bridgehead atoms. The van der Waals surface area contributed by atoms with Crippen LogP contribution in [0.5, 0.6) is 0 Å². The van der Waals surface area contributed by atoms with Crippen molar-refractivity contribution in [1.29, 1.82) is 0 Å². The number of urea groups is 1. The molecule has 0 aromatic heterocycles. The SMILES string of the molecule is CC(C)N(CCN(C(=O)NC(C)(C)C)C1CCS(=O)(=O)C1)C(C)C. The Morgan fingerprint density at radius 3 is 2.04 bits per heavy atom. The van der Waals surface area contributed by atoms with E-state index >= 15 is 0 Å². The van der Waals surface area contributed by atoms with Gasteiger partial charge in [-0.3, -0.25) is 4.90 Å². The summed E-state index contributed by atoms with van der Waals surface area (Å²) in [5.74, 6) is 0.253. The van der Waals surface area contributed by atoms with Gasteiger partial charge in [0.2, 0.25) is 0 Å². The molecule has 0 radical (unpaired) electrons. The van der Waals surface area contributed by atoms with Gasteiger partial charge in [0.15, 0.2) is 9.84 Å². The number of hydrogen-bond donors (Lipinski definition) is 1. The summed E-state index contributed by atoms with van der Waals surface area (Å²) in [6, 6.07) is 0.366. The van der Waals surface area contributed by atoms with E-state index < -0.39 is 9.84 Å². The second kappa shape index (κ2) is 8.04. The van der Waals surface area contributed by atoms with Crippen LogP contribution in [-0.2, 0) is 9.84 Å². The van der Waals surface area contributed by atoms with Crippen LogP contribution in [0.25, 0.3) is 0 Å². The molecule has 1 unspecified atom stereocenters. The van der Waals surface area contributed by atoms with Crippen molar-refractivity contribution in [3.8, 4) is 0 Å². The molecule has 0 saturated carbocycles. The molecule has 1 atom stereocenters. The molecule has 1 fully saturated rings. The second-order valence-corrected chi connectivity index (χ2v) is 10.6. The van der Waals surface area contributed by atoms with Gasteiger partial charge in [-0.15, -0.1) is 0 Å². The molecule has 1 saturated heterocycles. The first-order valence-corrected chi connectivity index (χ1v) is 10.7. The summed E-state index contributed by atoms with van der Waals surface area (Å²) in [7, 11) is -3.02. The fourth-order valence-corrected chi connectivity index (χ4v) is 4.93. The average molecular weight is 362 g/mol. The summed E-state index contributed by atoms with van der Waals surface area (Å²) in [5.41, 5.74) is -0.345. The fraction of sp³-hybridized carbons (Fsp3) is 0.941. The van der Waals surface area contributed by atoms with E-state index in [1.807, 2.05) is 20.8 Å². The van der Waals surface area contributed by atoms with Crippen LogP contribution in [0.15, 0.2) is 0 Å². The third kappa shape index (κ3) is 6.59. The van der Waals surface area contributed by atoms with E-state index in [0.717, 1.165) is 6.54 Å². The molecule has 1 aliphatic rings. The molecule has 1 aliphatic heterocycles. The number of carbonyl (C=O) groups is 1. The van der Waals surface area contributed by atoms with Gasteiger partial charge < -0.3 is 10.2 Å². The number of hydrogen-bond acceptors (Lipinski definition) is 4. The number of sulfone groups is 1. The molecule has 0 aromatic rings. The molecule has 0 spiro atoms. The van der Waals surface area contributed by atoms with Gasteiger partial charge in [0.05, 0.1) is 11.5 Å².